The number of thioether (sulfide) groups is 1. The fraction of sp³-hybridized carbons (Fsp3) is 0.778. The van der Waals surface area contributed by atoms with Gasteiger partial charge in [-0.2, -0.15) is 0 Å². The first-order valence-corrected chi connectivity index (χ1v) is 5.75. The summed E-state index contributed by atoms with van der Waals surface area (Å²) in [7, 11) is 0. The summed E-state index contributed by atoms with van der Waals surface area (Å²) in [5.74, 6) is 0. The number of aliphatic hydroxyl groups is 3. The lowest BCUT2D eigenvalue weighted by Crippen LogP contribution is -2.51. The zero-order valence-electron chi connectivity index (χ0n) is 8.33. The number of ether oxygens (including phenoxy) is 1. The summed E-state index contributed by atoms with van der Waals surface area (Å²) in [6, 6.07) is 0. The van der Waals surface area contributed by atoms with Crippen LogP contribution in [-0.2, 0) is 4.74 Å². The third-order valence-electron chi connectivity index (χ3n) is 2.86. The molecule has 0 aromatic heterocycles. The maximum Gasteiger partial charge on any atom is 0.119 e. The molecule has 0 saturated carbocycles. The Morgan fingerprint density at radius 1 is 1.60 bits per heavy atom. The van der Waals surface area contributed by atoms with Gasteiger partial charge in [-0.15, -0.1) is 11.8 Å². The van der Waals surface area contributed by atoms with Crippen LogP contribution >= 0.6 is 11.8 Å². The Balaban J connectivity index is 2.12. The van der Waals surface area contributed by atoms with Crippen LogP contribution in [0.2, 0.25) is 0 Å². The van der Waals surface area contributed by atoms with E-state index in [2.05, 4.69) is 5.32 Å². The van der Waals surface area contributed by atoms with E-state index >= 15 is 0 Å². The molecule has 2 heterocycles. The predicted octanol–water partition coefficient (Wildman–Crippen LogP) is -1.01. The summed E-state index contributed by atoms with van der Waals surface area (Å²) in [6.45, 7) is 1.23. The molecule has 0 spiro atoms. The van der Waals surface area contributed by atoms with Crippen molar-refractivity contribution in [2.75, 3.05) is 6.61 Å². The van der Waals surface area contributed by atoms with Gasteiger partial charge in [0.05, 0.1) is 6.61 Å². The summed E-state index contributed by atoms with van der Waals surface area (Å²) in [5.41, 5.74) is -1.34. The maximum atomic E-state index is 10.1. The Morgan fingerprint density at radius 3 is 2.80 bits per heavy atom. The van der Waals surface area contributed by atoms with E-state index < -0.39 is 23.9 Å². The molecule has 2 aliphatic heterocycles. The van der Waals surface area contributed by atoms with E-state index in [0.717, 1.165) is 0 Å². The van der Waals surface area contributed by atoms with Crippen molar-refractivity contribution in [2.24, 2.45) is 0 Å². The Hall–Kier alpha value is -0.270. The maximum absolute atomic E-state index is 10.1. The highest BCUT2D eigenvalue weighted by molar-refractivity contribution is 8.03. The monoisotopic (exact) mass is 233 g/mol. The molecule has 0 radical (unpaired) electrons. The highest BCUT2D eigenvalue weighted by Crippen LogP contribution is 2.37. The van der Waals surface area contributed by atoms with Gasteiger partial charge in [-0.25, -0.2) is 0 Å². The molecule has 1 unspecified atom stereocenters. The van der Waals surface area contributed by atoms with Crippen molar-refractivity contribution in [1.29, 1.82) is 0 Å². The first-order chi connectivity index (χ1) is 7.07. The van der Waals surface area contributed by atoms with Crippen molar-refractivity contribution in [2.45, 2.75) is 36.2 Å². The summed E-state index contributed by atoms with van der Waals surface area (Å²) in [4.78, 5) is 0. The molecule has 0 aromatic carbocycles. The molecular weight excluding hydrogens is 218 g/mol. The highest BCUT2D eigenvalue weighted by atomic mass is 32.2. The Bertz CT molecular complexity index is 263. The molecule has 0 amide bonds. The van der Waals surface area contributed by atoms with Crippen molar-refractivity contribution >= 4 is 11.8 Å². The van der Waals surface area contributed by atoms with Gasteiger partial charge < -0.3 is 25.4 Å². The Labute approximate surface area is 92.1 Å². The second-order valence-corrected chi connectivity index (χ2v) is 5.03. The van der Waals surface area contributed by atoms with Gasteiger partial charge in [0.15, 0.2) is 0 Å². The lowest BCUT2D eigenvalue weighted by atomic mass is 9.93. The number of hydrogen-bond acceptors (Lipinski definition) is 6. The highest BCUT2D eigenvalue weighted by Gasteiger charge is 2.54. The van der Waals surface area contributed by atoms with Gasteiger partial charge in [-0.05, 0) is 12.3 Å². The molecule has 0 bridgehead atoms. The average Bonchev–Trinajstić information content (AvgIpc) is 2.76. The minimum Gasteiger partial charge on any atom is -0.394 e. The molecule has 0 aromatic rings. The topological polar surface area (TPSA) is 82.0 Å². The predicted molar refractivity (Wildman–Crippen MR) is 56.0 cm³/mol. The minimum absolute atomic E-state index is 0.119. The zero-order chi connectivity index (χ0) is 11.1. The second-order valence-electron chi connectivity index (χ2n) is 3.97. The molecule has 5 nitrogen and oxygen atoms in total. The zero-order valence-corrected chi connectivity index (χ0v) is 9.15. The number of hydrogen-bond donors (Lipinski definition) is 4. The van der Waals surface area contributed by atoms with E-state index in [-0.39, 0.29) is 12.0 Å². The van der Waals surface area contributed by atoms with Gasteiger partial charge >= 0.3 is 0 Å². The van der Waals surface area contributed by atoms with E-state index in [9.17, 15) is 10.2 Å². The van der Waals surface area contributed by atoms with Gasteiger partial charge in [0.2, 0.25) is 0 Å². The van der Waals surface area contributed by atoms with Crippen molar-refractivity contribution in [1.82, 2.24) is 5.32 Å². The lowest BCUT2D eigenvalue weighted by molar-refractivity contribution is -0.0643. The number of rotatable bonds is 2. The van der Waals surface area contributed by atoms with Crippen LogP contribution in [0.4, 0.5) is 0 Å². The van der Waals surface area contributed by atoms with Crippen molar-refractivity contribution in [3.63, 3.8) is 0 Å². The molecule has 5 atom stereocenters. The van der Waals surface area contributed by atoms with Crippen LogP contribution in [0.1, 0.15) is 6.92 Å². The summed E-state index contributed by atoms with van der Waals surface area (Å²) in [6.07, 6.45) is -0.541. The lowest BCUT2D eigenvalue weighted by Gasteiger charge is -2.30. The van der Waals surface area contributed by atoms with Crippen molar-refractivity contribution in [3.05, 3.63) is 11.6 Å². The van der Waals surface area contributed by atoms with Crippen LogP contribution in [0, 0.1) is 0 Å². The first-order valence-electron chi connectivity index (χ1n) is 4.80. The fourth-order valence-corrected chi connectivity index (χ4v) is 2.89. The van der Waals surface area contributed by atoms with Crippen LogP contribution in [0.5, 0.6) is 0 Å². The Kier molecular flexibility index (Phi) is 2.96. The van der Waals surface area contributed by atoms with E-state index in [0.29, 0.717) is 0 Å². The van der Waals surface area contributed by atoms with E-state index in [1.54, 1.807) is 6.20 Å². The summed E-state index contributed by atoms with van der Waals surface area (Å²) < 4.78 is 5.45. The quantitative estimate of drug-likeness (QED) is 0.489. The molecule has 4 N–H and O–H groups in total. The standard InChI is InChI=1S/C9H15NO4S/c1-9(13)6(12)5(4-11)14-7(9)8-10-2-3-15-8/h2-3,5-8,10-13H,4H2,1H3/t5-,6-,7+,8?,9-/m1/s1. The second kappa shape index (κ2) is 3.95. The molecule has 0 aliphatic carbocycles. The average molecular weight is 233 g/mol. The van der Waals surface area contributed by atoms with Gasteiger partial charge in [-0.3, -0.25) is 0 Å². The first kappa shape index (κ1) is 11.2. The van der Waals surface area contributed by atoms with Crippen LogP contribution in [0.25, 0.3) is 0 Å². The Morgan fingerprint density at radius 2 is 2.33 bits per heavy atom. The molecular formula is C9H15NO4S. The van der Waals surface area contributed by atoms with Crippen LogP contribution in [-0.4, -0.2) is 51.2 Å². The van der Waals surface area contributed by atoms with Crippen molar-refractivity contribution in [3.8, 4) is 0 Å². The molecule has 6 heteroatoms. The molecule has 86 valence electrons. The molecule has 2 rings (SSSR count). The molecule has 1 saturated heterocycles. The summed E-state index contributed by atoms with van der Waals surface area (Å²) in [5, 5.41) is 33.6. The molecule has 1 fully saturated rings. The molecule has 2 aliphatic rings. The van der Waals surface area contributed by atoms with Gasteiger partial charge in [0, 0.05) is 6.20 Å². The van der Waals surface area contributed by atoms with Crippen LogP contribution in [0.15, 0.2) is 11.6 Å². The number of aliphatic hydroxyl groups excluding tert-OH is 2. The van der Waals surface area contributed by atoms with Crippen molar-refractivity contribution < 1.29 is 20.1 Å². The third-order valence-corrected chi connectivity index (χ3v) is 3.83. The number of nitrogens with one attached hydrogen (secondary N) is 1. The smallest absolute Gasteiger partial charge is 0.119 e. The fourth-order valence-electron chi connectivity index (χ4n) is 1.92. The van der Waals surface area contributed by atoms with E-state index in [4.69, 9.17) is 9.84 Å². The third kappa shape index (κ3) is 1.76. The van der Waals surface area contributed by atoms with E-state index in [1.807, 2.05) is 5.41 Å². The SMILES string of the molecule is C[C@@]1(O)[C@H](O)[C@@H](CO)O[C@H]1C1NC=CS1. The van der Waals surface area contributed by atoms with Gasteiger partial charge in [0.1, 0.15) is 29.3 Å². The normalized spacial score (nSPS) is 49.6. The van der Waals surface area contributed by atoms with E-state index in [1.165, 1.54) is 18.7 Å². The van der Waals surface area contributed by atoms with Crippen LogP contribution < -0.4 is 5.32 Å². The van der Waals surface area contributed by atoms with Crippen LogP contribution in [0.3, 0.4) is 0 Å². The minimum atomic E-state index is -1.34. The molecule has 15 heavy (non-hydrogen) atoms. The van der Waals surface area contributed by atoms with Gasteiger partial charge in [-0.1, -0.05) is 0 Å². The summed E-state index contributed by atoms with van der Waals surface area (Å²) >= 11 is 1.49. The largest absolute Gasteiger partial charge is 0.394 e. The van der Waals surface area contributed by atoms with Gasteiger partial charge in [0.25, 0.3) is 0 Å².